The number of benzene rings is 3. The molecule has 8 heteroatoms. The first-order valence-corrected chi connectivity index (χ1v) is 14.9. The highest BCUT2D eigenvalue weighted by Crippen LogP contribution is 2.53. The smallest absolute Gasteiger partial charge is 0.238 e. The minimum atomic E-state index is -0.237. The van der Waals surface area contributed by atoms with Crippen LogP contribution in [0.5, 0.6) is 0 Å². The number of carbonyl (C=O) groups is 3. The Kier molecular flexibility index (Phi) is 6.09. The first-order chi connectivity index (χ1) is 19.1. The number of imide groups is 1. The highest BCUT2D eigenvalue weighted by molar-refractivity contribution is 8.01. The van der Waals surface area contributed by atoms with Crippen molar-refractivity contribution >= 4 is 56.7 Å². The first-order valence-electron chi connectivity index (χ1n) is 13.1. The molecule has 0 spiro atoms. The Morgan fingerprint density at radius 2 is 1.54 bits per heavy atom. The van der Waals surface area contributed by atoms with E-state index < -0.39 is 0 Å². The average Bonchev–Trinajstić information content (AvgIpc) is 3.74. The van der Waals surface area contributed by atoms with E-state index in [0.717, 1.165) is 32.1 Å². The van der Waals surface area contributed by atoms with Gasteiger partial charge in [-0.15, -0.1) is 11.3 Å². The van der Waals surface area contributed by atoms with E-state index in [0.29, 0.717) is 5.69 Å². The lowest BCUT2D eigenvalue weighted by Crippen LogP contribution is -2.32. The number of nitrogens with zero attached hydrogens (tertiary/aromatic N) is 2. The van der Waals surface area contributed by atoms with Gasteiger partial charge in [0.05, 0.1) is 39.5 Å². The van der Waals surface area contributed by atoms with Crippen molar-refractivity contribution in [2.45, 2.75) is 16.8 Å². The van der Waals surface area contributed by atoms with Gasteiger partial charge in [0.1, 0.15) is 0 Å². The zero-order valence-electron chi connectivity index (χ0n) is 20.9. The maximum atomic E-state index is 13.2. The first kappa shape index (κ1) is 24.3. The predicted octanol–water partition coefficient (Wildman–Crippen LogP) is 5.61. The van der Waals surface area contributed by atoms with Gasteiger partial charge >= 0.3 is 0 Å². The molecule has 3 aliphatic rings. The van der Waals surface area contributed by atoms with Crippen LogP contribution in [0.25, 0.3) is 10.2 Å². The zero-order chi connectivity index (χ0) is 26.5. The van der Waals surface area contributed by atoms with E-state index >= 15 is 0 Å². The third-order valence-electron chi connectivity index (χ3n) is 7.98. The summed E-state index contributed by atoms with van der Waals surface area (Å²) in [5, 5.41) is 3.17. The summed E-state index contributed by atoms with van der Waals surface area (Å²) in [4.78, 5) is 45.5. The predicted molar refractivity (Wildman–Crippen MR) is 153 cm³/mol. The Morgan fingerprint density at radius 1 is 0.923 bits per heavy atom. The molecule has 1 aromatic heterocycles. The van der Waals surface area contributed by atoms with Crippen LogP contribution in [-0.4, -0.2) is 28.5 Å². The molecule has 2 heterocycles. The number of thiazole rings is 1. The molecular weight excluding hydrogens is 526 g/mol. The van der Waals surface area contributed by atoms with E-state index in [9.17, 15) is 14.4 Å². The number of aromatic nitrogens is 1. The van der Waals surface area contributed by atoms with Crippen LogP contribution in [0, 0.1) is 23.7 Å². The second-order valence-corrected chi connectivity index (χ2v) is 12.5. The Hall–Kier alpha value is -3.75. The van der Waals surface area contributed by atoms with E-state index in [-0.39, 0.29) is 53.2 Å². The quantitative estimate of drug-likeness (QED) is 0.184. The van der Waals surface area contributed by atoms with Gasteiger partial charge in [0, 0.05) is 0 Å². The number of anilines is 1. The van der Waals surface area contributed by atoms with Gasteiger partial charge < -0.3 is 5.32 Å². The Morgan fingerprint density at radius 3 is 2.15 bits per heavy atom. The fourth-order valence-corrected chi connectivity index (χ4v) is 8.14. The Bertz CT molecular complexity index is 1550. The Labute approximate surface area is 234 Å². The maximum absolute atomic E-state index is 13.2. The molecule has 194 valence electrons. The topological polar surface area (TPSA) is 79.4 Å². The van der Waals surface area contributed by atoms with E-state index in [1.807, 2.05) is 72.8 Å². The summed E-state index contributed by atoms with van der Waals surface area (Å²) in [5.41, 5.74) is 3.44. The van der Waals surface area contributed by atoms with Crippen molar-refractivity contribution in [3.63, 3.8) is 0 Å². The van der Waals surface area contributed by atoms with E-state index in [4.69, 9.17) is 0 Å². The van der Waals surface area contributed by atoms with Gasteiger partial charge in [-0.1, -0.05) is 84.6 Å². The summed E-state index contributed by atoms with van der Waals surface area (Å²) in [6, 6.07) is 25.2. The molecule has 1 aliphatic heterocycles. The number of thioether (sulfide) groups is 1. The summed E-state index contributed by atoms with van der Waals surface area (Å²) in [7, 11) is 0. The van der Waals surface area contributed by atoms with Gasteiger partial charge in [0.25, 0.3) is 0 Å². The van der Waals surface area contributed by atoms with Crippen molar-refractivity contribution in [3.05, 3.63) is 102 Å². The van der Waals surface area contributed by atoms with Crippen LogP contribution in [0.2, 0.25) is 0 Å². The summed E-state index contributed by atoms with van der Waals surface area (Å²) in [6.07, 6.45) is 5.13. The van der Waals surface area contributed by atoms with Crippen molar-refractivity contribution in [2.24, 2.45) is 23.7 Å². The van der Waals surface area contributed by atoms with Gasteiger partial charge in [-0.25, -0.2) is 9.88 Å². The number of fused-ring (bicyclic) bond motifs is 6. The Balaban J connectivity index is 1.05. The number of allylic oxidation sites excluding steroid dienone is 2. The van der Waals surface area contributed by atoms with Crippen LogP contribution < -0.4 is 10.2 Å². The standard InChI is InChI=1S/C31H25N3O3S2/c35-25(33-28(18-7-3-1-4-8-18)19-9-5-2-6-10-19)17-38-31-32-23-14-13-22(16-24(23)39-31)34-29(36)26-20-11-12-21(15-20)27(26)30(34)37/h1-14,16,20-21,26-28H,15,17H2,(H,33,35)/t20-,21-,26-,27-/m0/s1. The molecule has 4 atom stereocenters. The van der Waals surface area contributed by atoms with Crippen molar-refractivity contribution in [1.82, 2.24) is 10.3 Å². The molecule has 2 bridgehead atoms. The molecule has 6 nitrogen and oxygen atoms in total. The minimum Gasteiger partial charge on any atom is -0.344 e. The third-order valence-corrected chi connectivity index (χ3v) is 10.1. The van der Waals surface area contributed by atoms with Gasteiger partial charge in [0.15, 0.2) is 4.34 Å². The number of nitrogens with one attached hydrogen (secondary N) is 1. The number of rotatable bonds is 7. The molecule has 0 radical (unpaired) electrons. The fourth-order valence-electron chi connectivity index (χ4n) is 6.23. The van der Waals surface area contributed by atoms with Crippen LogP contribution in [0.1, 0.15) is 23.6 Å². The summed E-state index contributed by atoms with van der Waals surface area (Å²) in [5.74, 6) is -0.0788. The summed E-state index contributed by atoms with van der Waals surface area (Å²) < 4.78 is 1.66. The van der Waals surface area contributed by atoms with E-state index in [2.05, 4.69) is 22.5 Å². The normalized spacial score (nSPS) is 23.3. The summed E-state index contributed by atoms with van der Waals surface area (Å²) in [6.45, 7) is 0. The van der Waals surface area contributed by atoms with Gasteiger partial charge in [-0.2, -0.15) is 0 Å². The third kappa shape index (κ3) is 4.28. The molecule has 1 saturated carbocycles. The van der Waals surface area contributed by atoms with Crippen molar-refractivity contribution < 1.29 is 14.4 Å². The molecule has 2 aliphatic carbocycles. The second kappa shape index (κ2) is 9.77. The highest BCUT2D eigenvalue weighted by atomic mass is 32.2. The highest BCUT2D eigenvalue weighted by Gasteiger charge is 2.59. The van der Waals surface area contributed by atoms with Crippen LogP contribution in [0.3, 0.4) is 0 Å². The monoisotopic (exact) mass is 551 g/mol. The second-order valence-electron chi connectivity index (χ2n) is 10.3. The summed E-state index contributed by atoms with van der Waals surface area (Å²) >= 11 is 2.86. The van der Waals surface area contributed by atoms with Gasteiger partial charge in [0.2, 0.25) is 17.7 Å². The number of hydrogen-bond donors (Lipinski definition) is 1. The van der Waals surface area contributed by atoms with Crippen molar-refractivity contribution in [1.29, 1.82) is 0 Å². The van der Waals surface area contributed by atoms with E-state index in [1.54, 1.807) is 6.07 Å². The molecule has 39 heavy (non-hydrogen) atoms. The lowest BCUT2D eigenvalue weighted by molar-refractivity contribution is -0.123. The van der Waals surface area contributed by atoms with Gasteiger partial charge in [-0.05, 0) is 47.6 Å². The number of amides is 3. The zero-order valence-corrected chi connectivity index (χ0v) is 22.5. The molecule has 2 fully saturated rings. The van der Waals surface area contributed by atoms with Crippen molar-refractivity contribution in [3.8, 4) is 0 Å². The molecular formula is C31H25N3O3S2. The number of carbonyl (C=O) groups excluding carboxylic acids is 3. The largest absolute Gasteiger partial charge is 0.344 e. The molecule has 3 amide bonds. The van der Waals surface area contributed by atoms with Crippen LogP contribution in [0.15, 0.2) is 95.4 Å². The van der Waals surface area contributed by atoms with Crippen molar-refractivity contribution in [2.75, 3.05) is 10.7 Å². The number of hydrogen-bond acceptors (Lipinski definition) is 6. The molecule has 7 rings (SSSR count). The minimum absolute atomic E-state index is 0.0802. The molecule has 0 unspecified atom stereocenters. The van der Waals surface area contributed by atoms with Crippen LogP contribution >= 0.6 is 23.1 Å². The van der Waals surface area contributed by atoms with E-state index in [1.165, 1.54) is 28.0 Å². The lowest BCUT2D eigenvalue weighted by atomic mass is 9.85. The van der Waals surface area contributed by atoms with Gasteiger partial charge in [-0.3, -0.25) is 14.4 Å². The SMILES string of the molecule is O=C(CSc1nc2ccc(N3C(=O)[C@@H]4[C@@H](C3=O)[C@H]3C=C[C@H]4C3)cc2s1)NC(c1ccccc1)c1ccccc1. The van der Waals surface area contributed by atoms with Crippen LogP contribution in [-0.2, 0) is 14.4 Å². The maximum Gasteiger partial charge on any atom is 0.238 e. The molecule has 1 saturated heterocycles. The van der Waals surface area contributed by atoms with Crippen LogP contribution in [0.4, 0.5) is 5.69 Å². The molecule has 4 aromatic rings. The lowest BCUT2D eigenvalue weighted by Gasteiger charge is -2.19. The average molecular weight is 552 g/mol. The molecule has 1 N–H and O–H groups in total. The molecule has 3 aromatic carbocycles. The fraction of sp³-hybridized carbons (Fsp3) is 0.226.